The van der Waals surface area contributed by atoms with Crippen LogP contribution in [0, 0.1) is 11.7 Å². The minimum atomic E-state index is -0.566. The van der Waals surface area contributed by atoms with E-state index in [4.69, 9.17) is 9.47 Å². The first kappa shape index (κ1) is 21.7. The van der Waals surface area contributed by atoms with E-state index in [9.17, 15) is 18.8 Å². The van der Waals surface area contributed by atoms with Gasteiger partial charge in [-0.2, -0.15) is 0 Å². The molecule has 2 heterocycles. The lowest BCUT2D eigenvalue weighted by Gasteiger charge is -2.21. The number of carbonyl (C=O) groups excluding carboxylic acids is 3. The largest absolute Gasteiger partial charge is 0.450 e. The lowest BCUT2D eigenvalue weighted by Crippen LogP contribution is -2.33. The highest BCUT2D eigenvalue weighted by Crippen LogP contribution is 2.30. The van der Waals surface area contributed by atoms with Gasteiger partial charge in [0.1, 0.15) is 11.9 Å². The highest BCUT2D eigenvalue weighted by atomic mass is 19.1. The number of hydrogen-bond donors (Lipinski definition) is 2. The molecule has 0 aliphatic carbocycles. The summed E-state index contributed by atoms with van der Waals surface area (Å²) >= 11 is 0. The van der Waals surface area contributed by atoms with Crippen molar-refractivity contribution >= 4 is 29.5 Å². The Hall–Kier alpha value is -3.04. The van der Waals surface area contributed by atoms with Gasteiger partial charge < -0.3 is 25.0 Å². The summed E-state index contributed by atoms with van der Waals surface area (Å²) in [6.07, 6.45) is -0.656. The van der Waals surface area contributed by atoms with Crippen molar-refractivity contribution < 1.29 is 28.2 Å². The van der Waals surface area contributed by atoms with Crippen molar-refractivity contribution in [2.24, 2.45) is 5.92 Å². The Morgan fingerprint density at radius 3 is 2.77 bits per heavy atom. The van der Waals surface area contributed by atoms with E-state index >= 15 is 0 Å². The zero-order valence-electron chi connectivity index (χ0n) is 17.2. The zero-order chi connectivity index (χ0) is 21.7. The van der Waals surface area contributed by atoms with Gasteiger partial charge in [-0.15, -0.1) is 0 Å². The first-order valence-electron chi connectivity index (χ1n) is 10.0. The van der Waals surface area contributed by atoms with Crippen LogP contribution in [0.5, 0.6) is 0 Å². The summed E-state index contributed by atoms with van der Waals surface area (Å²) in [6, 6.07) is 4.66. The number of rotatable bonds is 7. The van der Waals surface area contributed by atoms with Crippen molar-refractivity contribution in [3.05, 3.63) is 24.0 Å². The number of hydrogen-bond acceptors (Lipinski definition) is 6. The fourth-order valence-electron chi connectivity index (χ4n) is 3.64. The molecule has 10 heteroatoms. The lowest BCUT2D eigenvalue weighted by atomic mass is 10.1. The molecule has 2 atom stereocenters. The number of benzene rings is 1. The van der Waals surface area contributed by atoms with E-state index in [0.29, 0.717) is 37.6 Å². The molecule has 2 aliphatic rings. The number of alkyl carbamates (subject to hydrolysis) is 1. The Balaban J connectivity index is 1.57. The van der Waals surface area contributed by atoms with Crippen LogP contribution in [0.3, 0.4) is 0 Å². The van der Waals surface area contributed by atoms with Crippen LogP contribution < -0.4 is 20.4 Å². The van der Waals surface area contributed by atoms with Crippen LogP contribution in [-0.2, 0) is 14.3 Å². The second-order valence-corrected chi connectivity index (χ2v) is 7.39. The van der Waals surface area contributed by atoms with E-state index in [1.54, 1.807) is 19.1 Å². The van der Waals surface area contributed by atoms with E-state index in [1.165, 1.54) is 17.9 Å². The molecule has 1 aromatic carbocycles. The average Bonchev–Trinajstić information content (AvgIpc) is 3.31. The summed E-state index contributed by atoms with van der Waals surface area (Å²) < 4.78 is 24.9. The van der Waals surface area contributed by atoms with Crippen LogP contribution in [-0.4, -0.2) is 63.5 Å². The lowest BCUT2D eigenvalue weighted by molar-refractivity contribution is -0.119. The quantitative estimate of drug-likeness (QED) is 0.696. The van der Waals surface area contributed by atoms with Gasteiger partial charge in [0.2, 0.25) is 5.91 Å². The van der Waals surface area contributed by atoms with E-state index in [0.717, 1.165) is 6.42 Å². The van der Waals surface area contributed by atoms with Crippen molar-refractivity contribution in [1.82, 2.24) is 10.6 Å². The minimum absolute atomic E-state index is 0.205. The molecule has 0 aromatic heterocycles. The molecule has 2 fully saturated rings. The summed E-state index contributed by atoms with van der Waals surface area (Å²) in [6.45, 7) is 5.68. The maximum atomic E-state index is 14.8. The minimum Gasteiger partial charge on any atom is -0.450 e. The third-order valence-electron chi connectivity index (χ3n) is 5.13. The summed E-state index contributed by atoms with van der Waals surface area (Å²) in [5, 5.41) is 5.33. The molecular formula is C20H27FN4O5. The van der Waals surface area contributed by atoms with Crippen LogP contribution in [0.1, 0.15) is 20.3 Å². The molecular weight excluding hydrogens is 395 g/mol. The van der Waals surface area contributed by atoms with E-state index in [1.807, 2.05) is 4.90 Å². The smallest absolute Gasteiger partial charge is 0.414 e. The molecule has 0 spiro atoms. The van der Waals surface area contributed by atoms with E-state index < -0.39 is 24.1 Å². The summed E-state index contributed by atoms with van der Waals surface area (Å²) in [4.78, 5) is 37.8. The normalized spacial score (nSPS) is 20.8. The van der Waals surface area contributed by atoms with Gasteiger partial charge in [0.25, 0.3) is 0 Å². The molecule has 2 saturated heterocycles. The first-order valence-corrected chi connectivity index (χ1v) is 10.0. The van der Waals surface area contributed by atoms with Gasteiger partial charge in [-0.1, -0.05) is 0 Å². The summed E-state index contributed by atoms with van der Waals surface area (Å²) in [7, 11) is 0. The fourth-order valence-corrected chi connectivity index (χ4v) is 3.64. The van der Waals surface area contributed by atoms with Gasteiger partial charge in [-0.3, -0.25) is 9.69 Å². The summed E-state index contributed by atoms with van der Waals surface area (Å²) in [5.74, 6) is -0.428. The fraction of sp³-hybridized carbons (Fsp3) is 0.550. The molecule has 0 bridgehead atoms. The van der Waals surface area contributed by atoms with Crippen LogP contribution >= 0.6 is 0 Å². The number of cyclic esters (lactones) is 1. The van der Waals surface area contributed by atoms with Crippen molar-refractivity contribution in [3.63, 3.8) is 0 Å². The monoisotopic (exact) mass is 422 g/mol. The van der Waals surface area contributed by atoms with Gasteiger partial charge in [-0.25, -0.2) is 14.0 Å². The molecule has 2 aliphatic heterocycles. The Morgan fingerprint density at radius 2 is 2.07 bits per heavy atom. The molecule has 30 heavy (non-hydrogen) atoms. The van der Waals surface area contributed by atoms with Crippen LogP contribution in [0.2, 0.25) is 0 Å². The standard InChI is InChI=1S/C20H27FN4O5/c1-3-29-19(27)23-9-14-6-7-24(11-14)18-5-4-15(8-17(18)21)25-12-16(30-20(25)28)10-22-13(2)26/h4-5,8,14,16H,3,6-7,9-12H2,1-2H3,(H,22,26)(H,23,27)/t14?,16-/m0/s1. The topological polar surface area (TPSA) is 100 Å². The van der Waals surface area contributed by atoms with Gasteiger partial charge in [0.15, 0.2) is 0 Å². The van der Waals surface area contributed by atoms with Gasteiger partial charge in [-0.05, 0) is 37.5 Å². The Morgan fingerprint density at radius 1 is 1.27 bits per heavy atom. The summed E-state index contributed by atoms with van der Waals surface area (Å²) in [5.41, 5.74) is 0.867. The average molecular weight is 422 g/mol. The molecule has 1 aromatic rings. The SMILES string of the molecule is CCOC(=O)NCC1CCN(c2ccc(N3C[C@H](CNC(C)=O)OC3=O)cc2F)C1. The number of nitrogens with one attached hydrogen (secondary N) is 2. The second kappa shape index (κ2) is 9.64. The van der Waals surface area contributed by atoms with E-state index in [-0.39, 0.29) is 24.9 Å². The third kappa shape index (κ3) is 5.31. The molecule has 0 radical (unpaired) electrons. The van der Waals surface area contributed by atoms with Crippen LogP contribution in [0.15, 0.2) is 18.2 Å². The molecule has 3 amide bonds. The number of anilines is 2. The number of ether oxygens (including phenoxy) is 2. The van der Waals surface area contributed by atoms with Crippen molar-refractivity contribution in [1.29, 1.82) is 0 Å². The van der Waals surface area contributed by atoms with Crippen LogP contribution in [0.25, 0.3) is 0 Å². The van der Waals surface area contributed by atoms with Crippen molar-refractivity contribution in [2.45, 2.75) is 26.4 Å². The molecule has 164 valence electrons. The first-order chi connectivity index (χ1) is 14.4. The molecule has 1 unspecified atom stereocenters. The predicted octanol–water partition coefficient (Wildman–Crippen LogP) is 1.86. The Bertz CT molecular complexity index is 805. The Kier molecular flexibility index (Phi) is 6.96. The van der Waals surface area contributed by atoms with Gasteiger partial charge in [0.05, 0.1) is 31.1 Å². The molecule has 0 saturated carbocycles. The molecule has 2 N–H and O–H groups in total. The molecule has 9 nitrogen and oxygen atoms in total. The highest BCUT2D eigenvalue weighted by Gasteiger charge is 2.33. The maximum Gasteiger partial charge on any atom is 0.414 e. The highest BCUT2D eigenvalue weighted by molar-refractivity contribution is 5.90. The zero-order valence-corrected chi connectivity index (χ0v) is 17.2. The van der Waals surface area contributed by atoms with Gasteiger partial charge in [0, 0.05) is 26.6 Å². The van der Waals surface area contributed by atoms with Crippen LogP contribution in [0.4, 0.5) is 25.4 Å². The van der Waals surface area contributed by atoms with Crippen molar-refractivity contribution in [3.8, 4) is 0 Å². The number of nitrogens with zero attached hydrogens (tertiary/aromatic N) is 2. The third-order valence-corrected chi connectivity index (χ3v) is 5.13. The van der Waals surface area contributed by atoms with Gasteiger partial charge >= 0.3 is 12.2 Å². The molecule has 3 rings (SSSR count). The predicted molar refractivity (Wildman–Crippen MR) is 108 cm³/mol. The number of carbonyl (C=O) groups is 3. The number of halogens is 1. The second-order valence-electron chi connectivity index (χ2n) is 7.39. The maximum absolute atomic E-state index is 14.8. The Labute approximate surface area is 174 Å². The number of amides is 3. The van der Waals surface area contributed by atoms with E-state index in [2.05, 4.69) is 10.6 Å². The van der Waals surface area contributed by atoms with Crippen molar-refractivity contribution in [2.75, 3.05) is 49.1 Å².